The summed E-state index contributed by atoms with van der Waals surface area (Å²) in [5, 5.41) is 30.1. The molecular weight excluding hydrogens is 396 g/mol. The number of para-hydroxylation sites is 1. The monoisotopic (exact) mass is 432 g/mol. The number of fused-ring (bicyclic) bond motifs is 1. The molecular formula is C25H36O6. The summed E-state index contributed by atoms with van der Waals surface area (Å²) in [6, 6.07) is 9.38. The third-order valence-corrected chi connectivity index (χ3v) is 6.83. The van der Waals surface area contributed by atoms with Crippen molar-refractivity contribution in [1.29, 1.82) is 0 Å². The molecule has 3 rings (SSSR count). The Morgan fingerprint density at radius 3 is 2.77 bits per heavy atom. The van der Waals surface area contributed by atoms with Crippen LogP contribution in [-0.2, 0) is 9.53 Å². The molecule has 0 spiro atoms. The lowest BCUT2D eigenvalue weighted by atomic mass is 9.85. The summed E-state index contributed by atoms with van der Waals surface area (Å²) < 4.78 is 11.7. The Bertz CT molecular complexity index is 705. The fourth-order valence-electron chi connectivity index (χ4n) is 4.89. The SMILES string of the molecule is CCC(CC[C@@H]1CC[C@@H]2[C@@H](C=C[C@@H](O)COc3ccccc3)[C@H](O)C[C@@H]2OC1)C(=O)O. The molecule has 6 nitrogen and oxygen atoms in total. The fraction of sp³-hybridized carbons (Fsp3) is 0.640. The lowest BCUT2D eigenvalue weighted by Gasteiger charge is -2.21. The molecule has 2 fully saturated rings. The minimum Gasteiger partial charge on any atom is -0.491 e. The van der Waals surface area contributed by atoms with E-state index < -0.39 is 18.2 Å². The van der Waals surface area contributed by atoms with Crippen molar-refractivity contribution >= 4 is 5.97 Å². The second-order valence-corrected chi connectivity index (χ2v) is 8.96. The average Bonchev–Trinajstić information content (AvgIpc) is 2.93. The zero-order valence-corrected chi connectivity index (χ0v) is 18.3. The van der Waals surface area contributed by atoms with E-state index in [0.29, 0.717) is 37.5 Å². The van der Waals surface area contributed by atoms with Crippen LogP contribution in [0.5, 0.6) is 5.75 Å². The Morgan fingerprint density at radius 2 is 2.06 bits per heavy atom. The van der Waals surface area contributed by atoms with Crippen LogP contribution in [0.25, 0.3) is 0 Å². The van der Waals surface area contributed by atoms with Crippen LogP contribution in [0.2, 0.25) is 0 Å². The van der Waals surface area contributed by atoms with E-state index in [4.69, 9.17) is 9.47 Å². The van der Waals surface area contributed by atoms with Crippen LogP contribution in [0.3, 0.4) is 0 Å². The maximum Gasteiger partial charge on any atom is 0.306 e. The van der Waals surface area contributed by atoms with Gasteiger partial charge < -0.3 is 24.8 Å². The van der Waals surface area contributed by atoms with Crippen molar-refractivity contribution in [1.82, 2.24) is 0 Å². The molecule has 31 heavy (non-hydrogen) atoms. The van der Waals surface area contributed by atoms with E-state index in [2.05, 4.69) is 0 Å². The van der Waals surface area contributed by atoms with Crippen molar-refractivity contribution in [2.75, 3.05) is 13.2 Å². The Labute approximate surface area is 184 Å². The van der Waals surface area contributed by atoms with E-state index in [1.165, 1.54) is 0 Å². The predicted molar refractivity (Wildman–Crippen MR) is 118 cm³/mol. The summed E-state index contributed by atoms with van der Waals surface area (Å²) in [6.45, 7) is 2.72. The molecule has 172 valence electrons. The van der Waals surface area contributed by atoms with Gasteiger partial charge in [0.2, 0.25) is 0 Å². The molecule has 1 saturated heterocycles. The molecule has 7 atom stereocenters. The highest BCUT2D eigenvalue weighted by molar-refractivity contribution is 5.69. The zero-order valence-electron chi connectivity index (χ0n) is 18.3. The summed E-state index contributed by atoms with van der Waals surface area (Å²) in [7, 11) is 0. The normalized spacial score (nSPS) is 30.5. The van der Waals surface area contributed by atoms with Crippen LogP contribution in [-0.4, -0.2) is 52.8 Å². The Kier molecular flexibility index (Phi) is 8.93. The number of carboxylic acids is 1. The van der Waals surface area contributed by atoms with Gasteiger partial charge in [-0.25, -0.2) is 0 Å². The number of aliphatic hydroxyl groups is 2. The van der Waals surface area contributed by atoms with Gasteiger partial charge in [-0.1, -0.05) is 37.3 Å². The first kappa shape index (κ1) is 23.8. The van der Waals surface area contributed by atoms with Gasteiger partial charge in [-0.2, -0.15) is 0 Å². The summed E-state index contributed by atoms with van der Waals surface area (Å²) in [5.41, 5.74) is 0. The Balaban J connectivity index is 1.49. The number of aliphatic hydroxyl groups excluding tert-OH is 2. The van der Waals surface area contributed by atoms with Crippen molar-refractivity contribution in [2.24, 2.45) is 23.7 Å². The van der Waals surface area contributed by atoms with E-state index in [0.717, 1.165) is 19.3 Å². The number of rotatable bonds is 10. The van der Waals surface area contributed by atoms with E-state index in [9.17, 15) is 20.1 Å². The fourth-order valence-corrected chi connectivity index (χ4v) is 4.89. The maximum absolute atomic E-state index is 11.3. The minimum absolute atomic E-state index is 0.0220. The number of benzene rings is 1. The molecule has 1 heterocycles. The molecule has 1 aliphatic heterocycles. The quantitative estimate of drug-likeness (QED) is 0.488. The van der Waals surface area contributed by atoms with Crippen molar-refractivity contribution in [3.05, 3.63) is 42.5 Å². The van der Waals surface area contributed by atoms with Crippen LogP contribution in [0.1, 0.15) is 45.4 Å². The number of carboxylic acid groups (broad SMARTS) is 1. The van der Waals surface area contributed by atoms with Crippen LogP contribution in [0.4, 0.5) is 0 Å². The van der Waals surface area contributed by atoms with Gasteiger partial charge in [-0.05, 0) is 56.1 Å². The number of carbonyl (C=O) groups is 1. The van der Waals surface area contributed by atoms with Crippen LogP contribution in [0, 0.1) is 23.7 Å². The number of aliphatic carboxylic acids is 1. The first-order valence-electron chi connectivity index (χ1n) is 11.5. The van der Waals surface area contributed by atoms with Gasteiger partial charge in [0.1, 0.15) is 18.5 Å². The smallest absolute Gasteiger partial charge is 0.306 e. The van der Waals surface area contributed by atoms with Crippen molar-refractivity contribution < 1.29 is 29.6 Å². The van der Waals surface area contributed by atoms with E-state index in [-0.39, 0.29) is 30.5 Å². The van der Waals surface area contributed by atoms with E-state index in [1.807, 2.05) is 43.3 Å². The second kappa shape index (κ2) is 11.7. The van der Waals surface area contributed by atoms with Gasteiger partial charge in [-0.3, -0.25) is 4.79 Å². The van der Waals surface area contributed by atoms with Crippen LogP contribution in [0.15, 0.2) is 42.5 Å². The molecule has 0 radical (unpaired) electrons. The largest absolute Gasteiger partial charge is 0.491 e. The van der Waals surface area contributed by atoms with Gasteiger partial charge in [0.05, 0.1) is 18.1 Å². The third kappa shape index (κ3) is 6.79. The van der Waals surface area contributed by atoms with Gasteiger partial charge in [0.25, 0.3) is 0 Å². The number of hydrogen-bond acceptors (Lipinski definition) is 5. The van der Waals surface area contributed by atoms with Gasteiger partial charge in [-0.15, -0.1) is 0 Å². The van der Waals surface area contributed by atoms with Crippen molar-refractivity contribution in [3.63, 3.8) is 0 Å². The average molecular weight is 433 g/mol. The molecule has 1 unspecified atom stereocenters. The Morgan fingerprint density at radius 1 is 1.29 bits per heavy atom. The van der Waals surface area contributed by atoms with Gasteiger partial charge >= 0.3 is 5.97 Å². The first-order chi connectivity index (χ1) is 15.0. The lowest BCUT2D eigenvalue weighted by molar-refractivity contribution is -0.142. The molecule has 0 amide bonds. The highest BCUT2D eigenvalue weighted by Crippen LogP contribution is 2.42. The topological polar surface area (TPSA) is 96.2 Å². The molecule has 3 N–H and O–H groups in total. The van der Waals surface area contributed by atoms with Crippen molar-refractivity contribution in [2.45, 2.75) is 63.8 Å². The zero-order chi connectivity index (χ0) is 22.2. The van der Waals surface area contributed by atoms with Gasteiger partial charge in [0.15, 0.2) is 0 Å². The highest BCUT2D eigenvalue weighted by atomic mass is 16.5. The van der Waals surface area contributed by atoms with Gasteiger partial charge in [0, 0.05) is 18.9 Å². The highest BCUT2D eigenvalue weighted by Gasteiger charge is 2.43. The standard InChI is InChI=1S/C25H36O6/c1-2-18(25(28)29)10-8-17-9-12-22-21(23(27)14-24(22)31-15-17)13-11-19(26)16-30-20-6-4-3-5-7-20/h3-7,11,13,17-19,21-24,26-27H,2,8-10,12,14-16H2,1H3,(H,28,29)/t17-,18?,19-,21-,22-,23-,24+/m1/s1. The van der Waals surface area contributed by atoms with E-state index >= 15 is 0 Å². The first-order valence-corrected chi connectivity index (χ1v) is 11.5. The molecule has 6 heteroatoms. The predicted octanol–water partition coefficient (Wildman–Crippen LogP) is 3.67. The summed E-state index contributed by atoms with van der Waals surface area (Å²) in [6.07, 6.45) is 7.20. The van der Waals surface area contributed by atoms with E-state index in [1.54, 1.807) is 6.08 Å². The summed E-state index contributed by atoms with van der Waals surface area (Å²) in [4.78, 5) is 11.3. The molecule has 0 bridgehead atoms. The van der Waals surface area contributed by atoms with Crippen molar-refractivity contribution in [3.8, 4) is 5.75 Å². The molecule has 1 aromatic rings. The molecule has 2 aliphatic rings. The minimum atomic E-state index is -0.743. The molecule has 1 aliphatic carbocycles. The number of ether oxygens (including phenoxy) is 2. The van der Waals surface area contributed by atoms with Crippen LogP contribution >= 0.6 is 0 Å². The Hall–Kier alpha value is -1.89. The summed E-state index contributed by atoms with van der Waals surface area (Å²) >= 11 is 0. The lowest BCUT2D eigenvalue weighted by Crippen LogP contribution is -2.22. The summed E-state index contributed by atoms with van der Waals surface area (Å²) in [5.74, 6) is 0.271. The molecule has 0 aromatic heterocycles. The molecule has 1 aromatic carbocycles. The second-order valence-electron chi connectivity index (χ2n) is 8.96. The van der Waals surface area contributed by atoms with Crippen LogP contribution < -0.4 is 4.74 Å². The number of hydrogen-bond donors (Lipinski definition) is 3. The maximum atomic E-state index is 11.3. The molecule has 1 saturated carbocycles. The third-order valence-electron chi connectivity index (χ3n) is 6.83.